The van der Waals surface area contributed by atoms with E-state index in [1.165, 1.54) is 5.56 Å². The highest BCUT2D eigenvalue weighted by molar-refractivity contribution is 5.04. The van der Waals surface area contributed by atoms with Crippen LogP contribution in [0.25, 0.3) is 0 Å². The fourth-order valence-corrected chi connectivity index (χ4v) is 1.54. The van der Waals surface area contributed by atoms with E-state index in [0.717, 1.165) is 19.6 Å². The lowest BCUT2D eigenvalue weighted by atomic mass is 10.2. The number of aromatic nitrogens is 2. The Morgan fingerprint density at radius 1 is 1.50 bits per heavy atom. The number of ether oxygens (including phenoxy) is 1. The monoisotopic (exact) mass is 225 g/mol. The molecule has 1 unspecified atom stereocenters. The molecule has 1 N–H and O–H groups in total. The maximum absolute atomic E-state index is 5.14. The molecule has 16 heavy (non-hydrogen) atoms. The van der Waals surface area contributed by atoms with E-state index in [-0.39, 0.29) is 0 Å². The van der Waals surface area contributed by atoms with E-state index in [4.69, 9.17) is 4.74 Å². The van der Waals surface area contributed by atoms with Crippen LogP contribution in [0, 0.1) is 0 Å². The number of hydrogen-bond donors (Lipinski definition) is 1. The molecule has 1 heterocycles. The van der Waals surface area contributed by atoms with E-state index < -0.39 is 0 Å². The fraction of sp³-hybridized carbons (Fsp3) is 0.750. The molecule has 0 bridgehead atoms. The topological polar surface area (TPSA) is 39.1 Å². The van der Waals surface area contributed by atoms with Crippen LogP contribution in [0.1, 0.15) is 38.8 Å². The van der Waals surface area contributed by atoms with Gasteiger partial charge in [0.2, 0.25) is 0 Å². The molecule has 1 aromatic heterocycles. The summed E-state index contributed by atoms with van der Waals surface area (Å²) in [5, 5.41) is 7.77. The van der Waals surface area contributed by atoms with Gasteiger partial charge in [-0.25, -0.2) is 0 Å². The Hall–Kier alpha value is -0.870. The van der Waals surface area contributed by atoms with Gasteiger partial charge in [0.25, 0.3) is 0 Å². The van der Waals surface area contributed by atoms with Gasteiger partial charge in [-0.2, -0.15) is 5.10 Å². The van der Waals surface area contributed by atoms with Crippen molar-refractivity contribution in [1.82, 2.24) is 15.1 Å². The zero-order valence-corrected chi connectivity index (χ0v) is 10.7. The summed E-state index contributed by atoms with van der Waals surface area (Å²) in [5.41, 5.74) is 1.23. The molecule has 0 aromatic carbocycles. The summed E-state index contributed by atoms with van der Waals surface area (Å²) < 4.78 is 7.12. The normalized spacial score (nSPS) is 13.3. The maximum atomic E-state index is 5.14. The minimum absolute atomic E-state index is 0.424. The summed E-state index contributed by atoms with van der Waals surface area (Å²) >= 11 is 0. The second-order valence-electron chi connectivity index (χ2n) is 4.36. The lowest BCUT2D eigenvalue weighted by molar-refractivity contribution is 0.164. The molecule has 92 valence electrons. The zero-order chi connectivity index (χ0) is 12.0. The van der Waals surface area contributed by atoms with E-state index >= 15 is 0 Å². The third kappa shape index (κ3) is 3.94. The van der Waals surface area contributed by atoms with Crippen LogP contribution in [-0.2, 0) is 11.3 Å². The Balaban J connectivity index is 2.41. The molecule has 0 saturated carbocycles. The summed E-state index contributed by atoms with van der Waals surface area (Å²) in [4.78, 5) is 0. The predicted octanol–water partition coefficient (Wildman–Crippen LogP) is 1.98. The summed E-state index contributed by atoms with van der Waals surface area (Å²) in [7, 11) is 1.74. The van der Waals surface area contributed by atoms with Crippen LogP contribution in [0.2, 0.25) is 0 Å². The predicted molar refractivity (Wildman–Crippen MR) is 65.4 cm³/mol. The summed E-state index contributed by atoms with van der Waals surface area (Å²) in [6.07, 6.45) is 5.09. The number of nitrogens with zero attached hydrogens (tertiary/aromatic N) is 2. The smallest absolute Gasteiger partial charge is 0.0615 e. The number of hydrogen-bond acceptors (Lipinski definition) is 3. The van der Waals surface area contributed by atoms with Crippen molar-refractivity contribution in [2.75, 3.05) is 13.7 Å². The molecule has 4 nitrogen and oxygen atoms in total. The Bertz CT molecular complexity index is 296. The highest BCUT2D eigenvalue weighted by Gasteiger charge is 2.06. The summed E-state index contributed by atoms with van der Waals surface area (Å²) in [5.74, 6) is 0. The molecule has 0 fully saturated rings. The van der Waals surface area contributed by atoms with E-state index in [1.807, 2.05) is 10.9 Å². The Labute approximate surface area is 98.0 Å². The van der Waals surface area contributed by atoms with Gasteiger partial charge in [0, 0.05) is 37.5 Å². The zero-order valence-electron chi connectivity index (χ0n) is 10.7. The molecule has 1 aromatic rings. The van der Waals surface area contributed by atoms with Crippen molar-refractivity contribution < 1.29 is 4.74 Å². The van der Waals surface area contributed by atoms with Crippen molar-refractivity contribution in [3.05, 3.63) is 18.0 Å². The highest BCUT2D eigenvalue weighted by atomic mass is 16.5. The Kier molecular flexibility index (Phi) is 5.49. The van der Waals surface area contributed by atoms with Gasteiger partial charge in [-0.1, -0.05) is 6.92 Å². The summed E-state index contributed by atoms with van der Waals surface area (Å²) in [6.45, 7) is 8.03. The third-order valence-electron chi connectivity index (χ3n) is 2.64. The molecule has 1 rings (SSSR count). The second kappa shape index (κ2) is 6.66. The quantitative estimate of drug-likeness (QED) is 0.771. The van der Waals surface area contributed by atoms with E-state index in [0.29, 0.717) is 12.1 Å². The molecule has 0 spiro atoms. The largest absolute Gasteiger partial charge is 0.383 e. The van der Waals surface area contributed by atoms with Gasteiger partial charge in [0.1, 0.15) is 0 Å². The Morgan fingerprint density at radius 3 is 2.75 bits per heavy atom. The van der Waals surface area contributed by atoms with E-state index in [1.54, 1.807) is 7.11 Å². The first-order valence-corrected chi connectivity index (χ1v) is 5.92. The Morgan fingerprint density at radius 2 is 2.25 bits per heavy atom. The standard InChI is InChI=1S/C12H23N3O/c1-5-12(9-16-4)13-6-11-7-14-15(8-11)10(2)3/h7-8,10,12-13H,5-6,9H2,1-4H3. The highest BCUT2D eigenvalue weighted by Crippen LogP contribution is 2.05. The van der Waals surface area contributed by atoms with Crippen molar-refractivity contribution in [3.63, 3.8) is 0 Å². The molecule has 0 aliphatic heterocycles. The van der Waals surface area contributed by atoms with Crippen molar-refractivity contribution >= 4 is 0 Å². The fourth-order valence-electron chi connectivity index (χ4n) is 1.54. The molecule has 0 amide bonds. The number of nitrogens with one attached hydrogen (secondary N) is 1. The van der Waals surface area contributed by atoms with Gasteiger partial charge >= 0.3 is 0 Å². The number of methoxy groups -OCH3 is 1. The van der Waals surface area contributed by atoms with Gasteiger partial charge in [-0.05, 0) is 20.3 Å². The SMILES string of the molecule is CCC(COC)NCc1cnn(C(C)C)c1. The molecule has 1 atom stereocenters. The van der Waals surface area contributed by atoms with Crippen molar-refractivity contribution in [1.29, 1.82) is 0 Å². The first kappa shape index (κ1) is 13.2. The molecular formula is C12H23N3O. The van der Waals surface area contributed by atoms with Crippen LogP contribution >= 0.6 is 0 Å². The van der Waals surface area contributed by atoms with Crippen LogP contribution in [-0.4, -0.2) is 29.5 Å². The third-order valence-corrected chi connectivity index (χ3v) is 2.64. The minimum Gasteiger partial charge on any atom is -0.383 e. The summed E-state index contributed by atoms with van der Waals surface area (Å²) in [6, 6.07) is 0.849. The van der Waals surface area contributed by atoms with E-state index in [2.05, 4.69) is 37.4 Å². The maximum Gasteiger partial charge on any atom is 0.0615 e. The van der Waals surface area contributed by atoms with Crippen LogP contribution in [0.15, 0.2) is 12.4 Å². The van der Waals surface area contributed by atoms with Gasteiger partial charge in [-0.3, -0.25) is 4.68 Å². The van der Waals surface area contributed by atoms with Crippen molar-refractivity contribution in [2.24, 2.45) is 0 Å². The van der Waals surface area contributed by atoms with Gasteiger partial charge in [-0.15, -0.1) is 0 Å². The molecule has 0 aliphatic carbocycles. The molecule has 0 aliphatic rings. The average molecular weight is 225 g/mol. The lowest BCUT2D eigenvalue weighted by Gasteiger charge is -2.14. The lowest BCUT2D eigenvalue weighted by Crippen LogP contribution is -2.31. The van der Waals surface area contributed by atoms with Crippen molar-refractivity contribution in [2.45, 2.75) is 45.8 Å². The average Bonchev–Trinajstić information content (AvgIpc) is 2.73. The molecule has 4 heteroatoms. The molecule has 0 radical (unpaired) electrons. The second-order valence-corrected chi connectivity index (χ2v) is 4.36. The minimum atomic E-state index is 0.424. The number of rotatable bonds is 7. The van der Waals surface area contributed by atoms with Gasteiger partial charge in [0.15, 0.2) is 0 Å². The van der Waals surface area contributed by atoms with Crippen LogP contribution < -0.4 is 5.32 Å². The van der Waals surface area contributed by atoms with Gasteiger partial charge < -0.3 is 10.1 Å². The first-order chi connectivity index (χ1) is 7.67. The van der Waals surface area contributed by atoms with Crippen LogP contribution in [0.3, 0.4) is 0 Å². The molecular weight excluding hydrogens is 202 g/mol. The molecule has 0 saturated heterocycles. The van der Waals surface area contributed by atoms with Crippen LogP contribution in [0.4, 0.5) is 0 Å². The van der Waals surface area contributed by atoms with E-state index in [9.17, 15) is 0 Å². The van der Waals surface area contributed by atoms with Crippen LogP contribution in [0.5, 0.6) is 0 Å². The van der Waals surface area contributed by atoms with Gasteiger partial charge in [0.05, 0.1) is 12.8 Å². The van der Waals surface area contributed by atoms with Crippen molar-refractivity contribution in [3.8, 4) is 0 Å². The first-order valence-electron chi connectivity index (χ1n) is 5.92.